The van der Waals surface area contributed by atoms with E-state index in [0.717, 1.165) is 5.69 Å². The maximum absolute atomic E-state index is 12.1. The van der Waals surface area contributed by atoms with Crippen LogP contribution in [0.2, 0.25) is 0 Å². The van der Waals surface area contributed by atoms with Gasteiger partial charge in [-0.3, -0.25) is 10.1 Å². The van der Waals surface area contributed by atoms with Gasteiger partial charge in [0.15, 0.2) is 0 Å². The highest BCUT2D eigenvalue weighted by Crippen LogP contribution is 2.20. The summed E-state index contributed by atoms with van der Waals surface area (Å²) in [4.78, 5) is 13.1. The number of carbonyl (C=O) groups excluding carboxylic acids is 1. The van der Waals surface area contributed by atoms with Crippen molar-refractivity contribution in [3.8, 4) is 0 Å². The highest BCUT2D eigenvalue weighted by molar-refractivity contribution is 5.81. The van der Waals surface area contributed by atoms with E-state index >= 15 is 0 Å². The highest BCUT2D eigenvalue weighted by atomic mass is 19.4. The molecule has 7 heteroatoms. The first-order valence-corrected chi connectivity index (χ1v) is 5.57. The molecule has 0 aromatic heterocycles. The Hall–Kier alpha value is -1.76. The number of halogens is 3. The fraction of sp³-hybridized carbons (Fsp3) is 0.417. The minimum atomic E-state index is -4.39. The maximum atomic E-state index is 12.1. The first-order chi connectivity index (χ1) is 8.70. The van der Waals surface area contributed by atoms with Gasteiger partial charge in [0.25, 0.3) is 0 Å². The Labute approximate surface area is 109 Å². The van der Waals surface area contributed by atoms with Crippen LogP contribution in [0.3, 0.4) is 0 Å². The van der Waals surface area contributed by atoms with Gasteiger partial charge < -0.3 is 10.6 Å². The zero-order valence-electron chi connectivity index (χ0n) is 10.7. The number of rotatable bonds is 5. The zero-order chi connectivity index (χ0) is 14.6. The second-order valence-electron chi connectivity index (χ2n) is 4.32. The van der Waals surface area contributed by atoms with Gasteiger partial charge in [-0.15, -0.1) is 0 Å². The summed E-state index contributed by atoms with van der Waals surface area (Å²) in [6.45, 7) is -1.27. The van der Waals surface area contributed by atoms with E-state index in [2.05, 4.69) is 5.32 Å². The van der Waals surface area contributed by atoms with Gasteiger partial charge in [-0.25, -0.2) is 0 Å². The fourth-order valence-corrected chi connectivity index (χ4v) is 1.57. The lowest BCUT2D eigenvalue weighted by Gasteiger charge is -2.18. The van der Waals surface area contributed by atoms with Gasteiger partial charge in [0.1, 0.15) is 6.04 Å². The number of alkyl halides is 3. The monoisotopic (exact) mass is 275 g/mol. The second kappa shape index (κ2) is 5.92. The van der Waals surface area contributed by atoms with Crippen LogP contribution in [0.25, 0.3) is 0 Å². The van der Waals surface area contributed by atoms with Crippen molar-refractivity contribution in [1.82, 2.24) is 5.32 Å². The molecule has 1 atom stereocenters. The molecule has 0 spiro atoms. The third-order valence-corrected chi connectivity index (χ3v) is 2.53. The van der Waals surface area contributed by atoms with Crippen LogP contribution in [0, 0.1) is 0 Å². The molecule has 4 nitrogen and oxygen atoms in total. The van der Waals surface area contributed by atoms with Gasteiger partial charge in [-0.1, -0.05) is 12.1 Å². The van der Waals surface area contributed by atoms with Crippen molar-refractivity contribution in [2.75, 3.05) is 25.5 Å². The van der Waals surface area contributed by atoms with Gasteiger partial charge in [-0.2, -0.15) is 13.2 Å². The Morgan fingerprint density at radius 1 is 1.32 bits per heavy atom. The van der Waals surface area contributed by atoms with Crippen molar-refractivity contribution in [3.63, 3.8) is 0 Å². The molecule has 1 rings (SSSR count). The molecule has 0 aliphatic heterocycles. The zero-order valence-corrected chi connectivity index (χ0v) is 10.7. The lowest BCUT2D eigenvalue weighted by atomic mass is 10.1. The molecule has 0 fully saturated rings. The molecule has 0 saturated carbocycles. The van der Waals surface area contributed by atoms with E-state index in [4.69, 9.17) is 5.73 Å². The van der Waals surface area contributed by atoms with E-state index in [9.17, 15) is 18.0 Å². The topological polar surface area (TPSA) is 58.4 Å². The van der Waals surface area contributed by atoms with Crippen LogP contribution >= 0.6 is 0 Å². The van der Waals surface area contributed by atoms with Crippen LogP contribution in [0.4, 0.5) is 18.9 Å². The van der Waals surface area contributed by atoms with Gasteiger partial charge in [0, 0.05) is 19.8 Å². The quantitative estimate of drug-likeness (QED) is 0.854. The standard InChI is InChI=1S/C12H16F3N3O/c1-18(2)9-5-3-8(4-6-9)10(11(16)19)17-7-12(13,14)15/h3-6,10,17H,7H2,1-2H3,(H2,16,19). The molecule has 1 amide bonds. The van der Waals surface area contributed by atoms with Crippen LogP contribution in [0.1, 0.15) is 11.6 Å². The van der Waals surface area contributed by atoms with E-state index in [0.29, 0.717) is 5.56 Å². The average molecular weight is 275 g/mol. The van der Waals surface area contributed by atoms with E-state index in [1.54, 1.807) is 24.3 Å². The molecule has 0 saturated heterocycles. The lowest BCUT2D eigenvalue weighted by Crippen LogP contribution is -2.38. The molecule has 0 heterocycles. The van der Waals surface area contributed by atoms with E-state index in [-0.39, 0.29) is 0 Å². The van der Waals surface area contributed by atoms with Crippen molar-refractivity contribution in [2.45, 2.75) is 12.2 Å². The van der Waals surface area contributed by atoms with Crippen molar-refractivity contribution in [3.05, 3.63) is 29.8 Å². The number of hydrogen-bond donors (Lipinski definition) is 2. The van der Waals surface area contributed by atoms with Crippen LogP contribution in [0.5, 0.6) is 0 Å². The Balaban J connectivity index is 2.84. The molecule has 0 bridgehead atoms. The molecule has 3 N–H and O–H groups in total. The summed E-state index contributed by atoms with van der Waals surface area (Å²) in [5.41, 5.74) is 6.40. The molecule has 1 aromatic carbocycles. The molecular weight excluding hydrogens is 259 g/mol. The molecule has 0 aliphatic rings. The first kappa shape index (κ1) is 15.3. The number of carbonyl (C=O) groups is 1. The number of benzene rings is 1. The highest BCUT2D eigenvalue weighted by Gasteiger charge is 2.30. The van der Waals surface area contributed by atoms with Crippen LogP contribution in [-0.4, -0.2) is 32.7 Å². The Morgan fingerprint density at radius 3 is 2.21 bits per heavy atom. The summed E-state index contributed by atoms with van der Waals surface area (Å²) in [5.74, 6) is -0.846. The number of primary amides is 1. The Kier molecular flexibility index (Phi) is 4.77. The molecule has 0 aliphatic carbocycles. The lowest BCUT2D eigenvalue weighted by molar-refractivity contribution is -0.130. The number of anilines is 1. The van der Waals surface area contributed by atoms with Crippen LogP contribution < -0.4 is 16.0 Å². The molecule has 19 heavy (non-hydrogen) atoms. The maximum Gasteiger partial charge on any atom is 0.401 e. The molecular formula is C12H16F3N3O. The van der Waals surface area contributed by atoms with E-state index in [1.807, 2.05) is 19.0 Å². The Bertz CT molecular complexity index is 429. The molecule has 1 unspecified atom stereocenters. The fourth-order valence-electron chi connectivity index (χ4n) is 1.57. The average Bonchev–Trinajstić information content (AvgIpc) is 2.27. The van der Waals surface area contributed by atoms with Crippen molar-refractivity contribution >= 4 is 11.6 Å². The third kappa shape index (κ3) is 4.78. The van der Waals surface area contributed by atoms with Gasteiger partial charge in [-0.05, 0) is 17.7 Å². The first-order valence-electron chi connectivity index (χ1n) is 5.57. The van der Waals surface area contributed by atoms with Gasteiger partial charge in [0.2, 0.25) is 5.91 Å². The van der Waals surface area contributed by atoms with E-state index < -0.39 is 24.7 Å². The summed E-state index contributed by atoms with van der Waals surface area (Å²) < 4.78 is 36.4. The summed E-state index contributed by atoms with van der Waals surface area (Å²) >= 11 is 0. The molecule has 106 valence electrons. The molecule has 1 aromatic rings. The van der Waals surface area contributed by atoms with Crippen molar-refractivity contribution in [2.24, 2.45) is 5.73 Å². The molecule has 0 radical (unpaired) electrons. The van der Waals surface area contributed by atoms with Gasteiger partial charge >= 0.3 is 6.18 Å². The summed E-state index contributed by atoms with van der Waals surface area (Å²) in [6.07, 6.45) is -4.39. The van der Waals surface area contributed by atoms with Crippen LogP contribution in [-0.2, 0) is 4.79 Å². The van der Waals surface area contributed by atoms with E-state index in [1.165, 1.54) is 0 Å². The predicted molar refractivity (Wildman–Crippen MR) is 66.8 cm³/mol. The number of nitrogens with one attached hydrogen (secondary N) is 1. The smallest absolute Gasteiger partial charge is 0.378 e. The largest absolute Gasteiger partial charge is 0.401 e. The summed E-state index contributed by atoms with van der Waals surface area (Å²) in [6, 6.07) is 5.42. The summed E-state index contributed by atoms with van der Waals surface area (Å²) in [5, 5.41) is 2.11. The number of nitrogens with zero attached hydrogens (tertiary/aromatic N) is 1. The predicted octanol–water partition coefficient (Wildman–Crippen LogP) is 1.43. The number of nitrogens with two attached hydrogens (primary N) is 1. The third-order valence-electron chi connectivity index (χ3n) is 2.53. The van der Waals surface area contributed by atoms with Gasteiger partial charge in [0.05, 0.1) is 6.54 Å². The summed E-state index contributed by atoms with van der Waals surface area (Å²) in [7, 11) is 3.67. The number of hydrogen-bond acceptors (Lipinski definition) is 3. The minimum Gasteiger partial charge on any atom is -0.378 e. The normalized spacial score (nSPS) is 13.1. The number of amides is 1. The minimum absolute atomic E-state index is 0.405. The van der Waals surface area contributed by atoms with Crippen molar-refractivity contribution < 1.29 is 18.0 Å². The Morgan fingerprint density at radius 2 is 1.84 bits per heavy atom. The SMILES string of the molecule is CN(C)c1ccc(C(NCC(F)(F)F)C(N)=O)cc1. The van der Waals surface area contributed by atoms with Crippen LogP contribution in [0.15, 0.2) is 24.3 Å². The van der Waals surface area contributed by atoms with Crippen molar-refractivity contribution in [1.29, 1.82) is 0 Å². The second-order valence-corrected chi connectivity index (χ2v) is 4.32.